The highest BCUT2D eigenvalue weighted by Gasteiger charge is 2.55. The molecule has 18 heavy (non-hydrogen) atoms. The largest absolute Gasteiger partial charge is 0.479 e. The third kappa shape index (κ3) is 2.02. The van der Waals surface area contributed by atoms with E-state index in [4.69, 9.17) is 0 Å². The Balaban J connectivity index is 2.16. The second kappa shape index (κ2) is 4.25. The van der Waals surface area contributed by atoms with Crippen LogP contribution < -0.4 is 0 Å². The first-order valence-electron chi connectivity index (χ1n) is 6.82. The number of nitrogens with zero attached hydrogens (tertiary/aromatic N) is 1. The zero-order valence-corrected chi connectivity index (χ0v) is 11.5. The van der Waals surface area contributed by atoms with Crippen LogP contribution in [0.25, 0.3) is 0 Å². The maximum atomic E-state index is 12.4. The van der Waals surface area contributed by atoms with Gasteiger partial charge in [0.1, 0.15) is 5.54 Å². The number of hydrogen-bond donors (Lipinski definition) is 1. The summed E-state index contributed by atoms with van der Waals surface area (Å²) < 4.78 is 0. The van der Waals surface area contributed by atoms with Gasteiger partial charge >= 0.3 is 5.97 Å². The number of likely N-dealkylation sites (N-methyl/N-ethyl adjacent to an activating group) is 1. The standard InChI is InChI=1S/C14H23NO3/c1-13(2)9-10(13)11(16)15(3)14(12(17)18)7-5-4-6-8-14/h10H,4-9H2,1-3H3,(H,17,18)/t10-/m1/s1. The molecule has 0 heterocycles. The van der Waals surface area contributed by atoms with Crippen LogP contribution in [0.5, 0.6) is 0 Å². The van der Waals surface area contributed by atoms with Crippen molar-refractivity contribution in [2.75, 3.05) is 7.05 Å². The van der Waals surface area contributed by atoms with Gasteiger partial charge in [-0.25, -0.2) is 4.79 Å². The summed E-state index contributed by atoms with van der Waals surface area (Å²) in [4.78, 5) is 25.6. The molecule has 0 radical (unpaired) electrons. The lowest BCUT2D eigenvalue weighted by Crippen LogP contribution is -2.56. The van der Waals surface area contributed by atoms with Crippen molar-refractivity contribution in [3.8, 4) is 0 Å². The van der Waals surface area contributed by atoms with Crippen molar-refractivity contribution in [2.24, 2.45) is 11.3 Å². The molecule has 0 aromatic carbocycles. The molecule has 2 saturated carbocycles. The van der Waals surface area contributed by atoms with Gasteiger partial charge in [-0.2, -0.15) is 0 Å². The van der Waals surface area contributed by atoms with Crippen molar-refractivity contribution >= 4 is 11.9 Å². The summed E-state index contributed by atoms with van der Waals surface area (Å²) in [5.41, 5.74) is -0.895. The van der Waals surface area contributed by atoms with Crippen LogP contribution in [-0.2, 0) is 9.59 Å². The Morgan fingerprint density at radius 2 is 1.67 bits per heavy atom. The molecule has 0 bridgehead atoms. The van der Waals surface area contributed by atoms with Crippen LogP contribution in [0.15, 0.2) is 0 Å². The maximum Gasteiger partial charge on any atom is 0.329 e. The highest BCUT2D eigenvalue weighted by Crippen LogP contribution is 2.53. The molecule has 0 spiro atoms. The van der Waals surface area contributed by atoms with Gasteiger partial charge in [0.15, 0.2) is 0 Å². The molecule has 102 valence electrons. The van der Waals surface area contributed by atoms with E-state index in [9.17, 15) is 14.7 Å². The van der Waals surface area contributed by atoms with E-state index in [1.54, 1.807) is 7.05 Å². The third-order valence-electron chi connectivity index (χ3n) is 4.86. The molecule has 0 unspecified atom stereocenters. The number of aliphatic carboxylic acids is 1. The first-order chi connectivity index (χ1) is 8.31. The predicted octanol–water partition coefficient (Wildman–Crippen LogP) is 2.28. The van der Waals surface area contributed by atoms with Gasteiger partial charge in [0.2, 0.25) is 5.91 Å². The smallest absolute Gasteiger partial charge is 0.329 e. The monoisotopic (exact) mass is 253 g/mol. The molecule has 0 saturated heterocycles. The van der Waals surface area contributed by atoms with E-state index in [1.165, 1.54) is 4.90 Å². The Bertz CT molecular complexity index is 369. The van der Waals surface area contributed by atoms with E-state index >= 15 is 0 Å². The Hall–Kier alpha value is -1.06. The molecule has 1 atom stereocenters. The highest BCUT2D eigenvalue weighted by atomic mass is 16.4. The molecule has 1 amide bonds. The number of carbonyl (C=O) groups is 2. The Morgan fingerprint density at radius 3 is 2.06 bits per heavy atom. The minimum atomic E-state index is -0.950. The minimum absolute atomic E-state index is 0.0145. The van der Waals surface area contributed by atoms with Gasteiger partial charge in [0, 0.05) is 13.0 Å². The van der Waals surface area contributed by atoms with E-state index in [-0.39, 0.29) is 17.2 Å². The molecule has 2 aliphatic rings. The van der Waals surface area contributed by atoms with Crippen LogP contribution in [0.2, 0.25) is 0 Å². The number of rotatable bonds is 3. The van der Waals surface area contributed by atoms with Gasteiger partial charge < -0.3 is 10.0 Å². The Kier molecular flexibility index (Phi) is 3.16. The lowest BCUT2D eigenvalue weighted by atomic mass is 9.80. The maximum absolute atomic E-state index is 12.4. The summed E-state index contributed by atoms with van der Waals surface area (Å²) in [7, 11) is 1.68. The molecule has 4 heteroatoms. The van der Waals surface area contributed by atoms with Crippen molar-refractivity contribution in [1.29, 1.82) is 0 Å². The minimum Gasteiger partial charge on any atom is -0.479 e. The summed E-state index contributed by atoms with van der Waals surface area (Å²) in [6.07, 6.45) is 4.95. The number of carboxylic acids is 1. The molecule has 0 aliphatic heterocycles. The van der Waals surface area contributed by atoms with Crippen LogP contribution in [0.3, 0.4) is 0 Å². The lowest BCUT2D eigenvalue weighted by molar-refractivity contribution is -0.161. The SMILES string of the molecule is CN(C(=O)[C@H]1CC1(C)C)C1(C(=O)O)CCCCC1. The molecule has 0 aromatic heterocycles. The number of carbonyl (C=O) groups excluding carboxylic acids is 1. The average molecular weight is 253 g/mol. The normalized spacial score (nSPS) is 28.5. The summed E-state index contributed by atoms with van der Waals surface area (Å²) >= 11 is 0. The van der Waals surface area contributed by atoms with Crippen LogP contribution in [0.4, 0.5) is 0 Å². The van der Waals surface area contributed by atoms with Gasteiger partial charge in [-0.1, -0.05) is 33.1 Å². The van der Waals surface area contributed by atoms with Gasteiger partial charge in [-0.3, -0.25) is 4.79 Å². The summed E-state index contributed by atoms with van der Waals surface area (Å²) in [6.45, 7) is 4.13. The van der Waals surface area contributed by atoms with Crippen molar-refractivity contribution in [3.63, 3.8) is 0 Å². The summed E-state index contributed by atoms with van der Waals surface area (Å²) in [5, 5.41) is 9.55. The number of hydrogen-bond acceptors (Lipinski definition) is 2. The predicted molar refractivity (Wildman–Crippen MR) is 68.1 cm³/mol. The average Bonchev–Trinajstić information content (AvgIpc) is 2.97. The second-order valence-corrected chi connectivity index (χ2v) is 6.54. The van der Waals surface area contributed by atoms with E-state index in [0.29, 0.717) is 12.8 Å². The number of amides is 1. The van der Waals surface area contributed by atoms with Gasteiger partial charge in [0.25, 0.3) is 0 Å². The Labute approximate surface area is 108 Å². The van der Waals surface area contributed by atoms with Crippen molar-refractivity contribution in [3.05, 3.63) is 0 Å². The molecule has 2 fully saturated rings. The van der Waals surface area contributed by atoms with E-state index < -0.39 is 11.5 Å². The van der Waals surface area contributed by atoms with Crippen molar-refractivity contribution in [2.45, 2.75) is 57.9 Å². The fourth-order valence-corrected chi connectivity index (χ4v) is 3.16. The molecular formula is C14H23NO3. The molecule has 0 aromatic rings. The fourth-order valence-electron chi connectivity index (χ4n) is 3.16. The van der Waals surface area contributed by atoms with Crippen molar-refractivity contribution < 1.29 is 14.7 Å². The third-order valence-corrected chi connectivity index (χ3v) is 4.86. The highest BCUT2D eigenvalue weighted by molar-refractivity contribution is 5.89. The number of carboxylic acid groups (broad SMARTS) is 1. The quantitative estimate of drug-likeness (QED) is 0.839. The topological polar surface area (TPSA) is 57.6 Å². The van der Waals surface area contributed by atoms with Crippen LogP contribution in [-0.4, -0.2) is 34.5 Å². The summed E-state index contributed by atoms with van der Waals surface area (Å²) in [6, 6.07) is 0. The zero-order valence-electron chi connectivity index (χ0n) is 11.5. The van der Waals surface area contributed by atoms with Crippen LogP contribution in [0, 0.1) is 11.3 Å². The van der Waals surface area contributed by atoms with E-state index in [2.05, 4.69) is 13.8 Å². The van der Waals surface area contributed by atoms with Crippen LogP contribution in [0.1, 0.15) is 52.4 Å². The van der Waals surface area contributed by atoms with E-state index in [1.807, 2.05) is 0 Å². The molecular weight excluding hydrogens is 230 g/mol. The lowest BCUT2D eigenvalue weighted by Gasteiger charge is -2.41. The molecule has 4 nitrogen and oxygen atoms in total. The van der Waals surface area contributed by atoms with Gasteiger partial charge in [0.05, 0.1) is 0 Å². The van der Waals surface area contributed by atoms with Crippen molar-refractivity contribution in [1.82, 2.24) is 4.90 Å². The second-order valence-electron chi connectivity index (χ2n) is 6.54. The Morgan fingerprint density at radius 1 is 1.17 bits per heavy atom. The summed E-state index contributed by atoms with van der Waals surface area (Å²) in [5.74, 6) is -0.804. The van der Waals surface area contributed by atoms with Gasteiger partial charge in [-0.15, -0.1) is 0 Å². The molecule has 1 N–H and O–H groups in total. The first kappa shape index (κ1) is 13.4. The van der Waals surface area contributed by atoms with Crippen LogP contribution >= 0.6 is 0 Å². The molecule has 2 aliphatic carbocycles. The molecule has 2 rings (SSSR count). The fraction of sp³-hybridized carbons (Fsp3) is 0.857. The van der Waals surface area contributed by atoms with E-state index in [0.717, 1.165) is 25.7 Å². The first-order valence-corrected chi connectivity index (χ1v) is 6.82. The van der Waals surface area contributed by atoms with Gasteiger partial charge in [-0.05, 0) is 24.7 Å². The zero-order chi connectivity index (χ0) is 13.6.